The number of nitrogens with one attached hydrogen (secondary N) is 1. The Morgan fingerprint density at radius 1 is 1.17 bits per heavy atom. The SMILES string of the molecule is CCC1CCN(CC2(C)CCCC2)CCC(C)N1. The molecule has 1 saturated carbocycles. The highest BCUT2D eigenvalue weighted by atomic mass is 15.1. The average molecular weight is 252 g/mol. The summed E-state index contributed by atoms with van der Waals surface area (Å²) < 4.78 is 0. The molecule has 1 heterocycles. The van der Waals surface area contributed by atoms with Crippen LogP contribution in [-0.2, 0) is 0 Å². The van der Waals surface area contributed by atoms with Crippen molar-refractivity contribution < 1.29 is 0 Å². The maximum Gasteiger partial charge on any atom is 0.00790 e. The van der Waals surface area contributed by atoms with E-state index in [-0.39, 0.29) is 0 Å². The molecule has 2 heteroatoms. The highest BCUT2D eigenvalue weighted by Gasteiger charge is 2.31. The van der Waals surface area contributed by atoms with Crippen LogP contribution in [0.3, 0.4) is 0 Å². The Balaban J connectivity index is 1.87. The lowest BCUT2D eigenvalue weighted by Gasteiger charge is -2.36. The van der Waals surface area contributed by atoms with Gasteiger partial charge < -0.3 is 10.2 Å². The molecule has 0 aromatic carbocycles. The number of hydrogen-bond acceptors (Lipinski definition) is 2. The largest absolute Gasteiger partial charge is 0.311 e. The minimum absolute atomic E-state index is 0.623. The first kappa shape index (κ1) is 14.3. The van der Waals surface area contributed by atoms with E-state index < -0.39 is 0 Å². The van der Waals surface area contributed by atoms with Gasteiger partial charge in [-0.2, -0.15) is 0 Å². The van der Waals surface area contributed by atoms with Crippen LogP contribution >= 0.6 is 0 Å². The average Bonchev–Trinajstić information content (AvgIpc) is 2.75. The van der Waals surface area contributed by atoms with E-state index in [4.69, 9.17) is 0 Å². The van der Waals surface area contributed by atoms with Crippen LogP contribution < -0.4 is 5.32 Å². The topological polar surface area (TPSA) is 15.3 Å². The molecule has 0 radical (unpaired) electrons. The zero-order chi connectivity index (χ0) is 13.0. The summed E-state index contributed by atoms with van der Waals surface area (Å²) in [6.45, 7) is 11.1. The highest BCUT2D eigenvalue weighted by molar-refractivity contribution is 4.85. The third-order valence-corrected chi connectivity index (χ3v) is 5.10. The van der Waals surface area contributed by atoms with Crippen LogP contribution in [0.25, 0.3) is 0 Å². The summed E-state index contributed by atoms with van der Waals surface area (Å²) in [5.41, 5.74) is 0.623. The van der Waals surface area contributed by atoms with Crippen molar-refractivity contribution in [3.05, 3.63) is 0 Å². The third kappa shape index (κ3) is 3.96. The van der Waals surface area contributed by atoms with Crippen molar-refractivity contribution in [2.24, 2.45) is 5.41 Å². The van der Waals surface area contributed by atoms with Gasteiger partial charge >= 0.3 is 0 Å². The van der Waals surface area contributed by atoms with Crippen LogP contribution in [-0.4, -0.2) is 36.6 Å². The maximum atomic E-state index is 3.77. The second-order valence-corrected chi connectivity index (χ2v) is 7.04. The van der Waals surface area contributed by atoms with Gasteiger partial charge in [0.15, 0.2) is 0 Å². The lowest BCUT2D eigenvalue weighted by atomic mass is 9.88. The Morgan fingerprint density at radius 3 is 2.50 bits per heavy atom. The van der Waals surface area contributed by atoms with Crippen molar-refractivity contribution in [1.29, 1.82) is 0 Å². The summed E-state index contributed by atoms with van der Waals surface area (Å²) >= 11 is 0. The van der Waals surface area contributed by atoms with Gasteiger partial charge in [0, 0.05) is 18.6 Å². The minimum atomic E-state index is 0.623. The van der Waals surface area contributed by atoms with E-state index in [0.717, 1.165) is 6.04 Å². The quantitative estimate of drug-likeness (QED) is 0.828. The van der Waals surface area contributed by atoms with E-state index in [2.05, 4.69) is 31.0 Å². The number of hydrogen-bond donors (Lipinski definition) is 1. The first-order chi connectivity index (χ1) is 8.61. The van der Waals surface area contributed by atoms with Gasteiger partial charge in [0.05, 0.1) is 0 Å². The molecule has 2 unspecified atom stereocenters. The molecule has 0 aromatic rings. The van der Waals surface area contributed by atoms with Crippen LogP contribution in [0.15, 0.2) is 0 Å². The normalized spacial score (nSPS) is 34.2. The summed E-state index contributed by atoms with van der Waals surface area (Å²) in [5, 5.41) is 3.77. The Morgan fingerprint density at radius 2 is 1.83 bits per heavy atom. The van der Waals surface area contributed by atoms with Crippen molar-refractivity contribution in [2.45, 2.75) is 77.8 Å². The molecule has 2 rings (SSSR count). The van der Waals surface area contributed by atoms with Gasteiger partial charge in [0.2, 0.25) is 0 Å². The summed E-state index contributed by atoms with van der Waals surface area (Å²) in [7, 11) is 0. The molecular formula is C16H32N2. The molecular weight excluding hydrogens is 220 g/mol. The zero-order valence-electron chi connectivity index (χ0n) is 12.7. The molecule has 1 aliphatic carbocycles. The van der Waals surface area contributed by atoms with Gasteiger partial charge in [0.25, 0.3) is 0 Å². The molecule has 1 aliphatic heterocycles. The van der Waals surface area contributed by atoms with Crippen molar-refractivity contribution in [3.63, 3.8) is 0 Å². The van der Waals surface area contributed by atoms with Crippen LogP contribution in [0.4, 0.5) is 0 Å². The standard InChI is InChI=1S/C16H32N2/c1-4-15-8-12-18(11-7-14(2)17-15)13-16(3)9-5-6-10-16/h14-15,17H,4-13H2,1-3H3. The zero-order valence-corrected chi connectivity index (χ0v) is 12.7. The molecule has 0 aromatic heterocycles. The van der Waals surface area contributed by atoms with Crippen LogP contribution in [0.2, 0.25) is 0 Å². The maximum absolute atomic E-state index is 3.77. The molecule has 0 bridgehead atoms. The Labute approximate surface area is 114 Å². The van der Waals surface area contributed by atoms with Crippen molar-refractivity contribution in [3.8, 4) is 0 Å². The van der Waals surface area contributed by atoms with E-state index in [0.29, 0.717) is 11.5 Å². The summed E-state index contributed by atoms with van der Waals surface area (Å²) in [5.74, 6) is 0. The van der Waals surface area contributed by atoms with Gasteiger partial charge in [-0.15, -0.1) is 0 Å². The van der Waals surface area contributed by atoms with Crippen LogP contribution in [0, 0.1) is 5.41 Å². The number of rotatable bonds is 3. The first-order valence-corrected chi connectivity index (χ1v) is 8.10. The lowest BCUT2D eigenvalue weighted by Crippen LogP contribution is -2.46. The molecule has 2 aliphatic rings. The fourth-order valence-corrected chi connectivity index (χ4v) is 3.80. The Hall–Kier alpha value is -0.0800. The van der Waals surface area contributed by atoms with Gasteiger partial charge in [-0.05, 0) is 57.5 Å². The Kier molecular flexibility index (Phi) is 5.08. The molecule has 2 nitrogen and oxygen atoms in total. The Bertz CT molecular complexity index is 245. The minimum Gasteiger partial charge on any atom is -0.311 e. The van der Waals surface area contributed by atoms with E-state index >= 15 is 0 Å². The predicted molar refractivity (Wildman–Crippen MR) is 78.9 cm³/mol. The summed E-state index contributed by atoms with van der Waals surface area (Å²) in [6.07, 6.45) is 9.74. The smallest absolute Gasteiger partial charge is 0.00790 e. The van der Waals surface area contributed by atoms with Gasteiger partial charge in [-0.25, -0.2) is 0 Å². The van der Waals surface area contributed by atoms with Crippen molar-refractivity contribution in [2.75, 3.05) is 19.6 Å². The molecule has 106 valence electrons. The van der Waals surface area contributed by atoms with Gasteiger partial charge in [-0.1, -0.05) is 26.7 Å². The molecule has 18 heavy (non-hydrogen) atoms. The van der Waals surface area contributed by atoms with Crippen LogP contribution in [0.1, 0.15) is 65.7 Å². The number of nitrogens with zero attached hydrogens (tertiary/aromatic N) is 1. The molecule has 1 saturated heterocycles. The van der Waals surface area contributed by atoms with E-state index in [1.807, 2.05) is 0 Å². The fourth-order valence-electron chi connectivity index (χ4n) is 3.80. The monoisotopic (exact) mass is 252 g/mol. The molecule has 0 spiro atoms. The molecule has 2 atom stereocenters. The van der Waals surface area contributed by atoms with Crippen LogP contribution in [0.5, 0.6) is 0 Å². The third-order valence-electron chi connectivity index (χ3n) is 5.10. The van der Waals surface area contributed by atoms with Gasteiger partial charge in [0.1, 0.15) is 0 Å². The van der Waals surface area contributed by atoms with E-state index in [1.54, 1.807) is 0 Å². The summed E-state index contributed by atoms with van der Waals surface area (Å²) in [4.78, 5) is 2.76. The second-order valence-electron chi connectivity index (χ2n) is 7.04. The molecule has 2 fully saturated rings. The fraction of sp³-hybridized carbons (Fsp3) is 1.00. The highest BCUT2D eigenvalue weighted by Crippen LogP contribution is 2.38. The second kappa shape index (κ2) is 6.38. The van der Waals surface area contributed by atoms with Crippen molar-refractivity contribution in [1.82, 2.24) is 10.2 Å². The molecule has 0 amide bonds. The molecule has 1 N–H and O–H groups in total. The van der Waals surface area contributed by atoms with E-state index in [1.165, 1.54) is 64.6 Å². The predicted octanol–water partition coefficient (Wildman–Crippen LogP) is 3.42. The first-order valence-electron chi connectivity index (χ1n) is 8.10. The van der Waals surface area contributed by atoms with E-state index in [9.17, 15) is 0 Å². The summed E-state index contributed by atoms with van der Waals surface area (Å²) in [6, 6.07) is 1.42. The lowest BCUT2D eigenvalue weighted by molar-refractivity contribution is 0.142. The van der Waals surface area contributed by atoms with Crippen molar-refractivity contribution >= 4 is 0 Å². The van der Waals surface area contributed by atoms with Gasteiger partial charge in [-0.3, -0.25) is 0 Å².